The molecule has 1 nitrogen and oxygen atoms in total. The van der Waals surface area contributed by atoms with Crippen molar-refractivity contribution in [1.29, 1.82) is 0 Å². The molecule has 0 spiro atoms. The molecule has 0 unspecified atom stereocenters. The molecule has 0 saturated carbocycles. The molecule has 1 heterocycles. The summed E-state index contributed by atoms with van der Waals surface area (Å²) in [6, 6.07) is 11.5. The number of hydrogen-bond acceptors (Lipinski definition) is 0. The van der Waals surface area contributed by atoms with Crippen LogP contribution in [0.15, 0.2) is 30.3 Å². The molecule has 16 heavy (non-hydrogen) atoms. The van der Waals surface area contributed by atoms with Gasteiger partial charge in [-0.2, -0.15) is 0 Å². The maximum absolute atomic E-state index is 2.38. The van der Waals surface area contributed by atoms with Gasteiger partial charge in [-0.25, -0.2) is 0 Å². The molecule has 0 N–H and O–H groups in total. The summed E-state index contributed by atoms with van der Waals surface area (Å²) in [5.41, 5.74) is 4.41. The third-order valence-corrected chi connectivity index (χ3v) is 3.51. The fourth-order valence-electron chi connectivity index (χ4n) is 2.78. The molecule has 0 amide bonds. The third kappa shape index (κ3) is 1.52. The Labute approximate surface area is 96.9 Å². The Morgan fingerprint density at radius 1 is 0.875 bits per heavy atom. The predicted octanol–water partition coefficient (Wildman–Crippen LogP) is 3.24. The Balaban J connectivity index is 2.22. The molecule has 0 saturated heterocycles. The molecular formula is C15H18N+. The fraction of sp³-hybridized carbons (Fsp3) is 0.333. The van der Waals surface area contributed by atoms with Crippen molar-refractivity contribution in [2.24, 2.45) is 0 Å². The number of hydrogen-bond donors (Lipinski definition) is 0. The van der Waals surface area contributed by atoms with Gasteiger partial charge in [0.2, 0.25) is 0 Å². The van der Waals surface area contributed by atoms with Gasteiger partial charge in [-0.15, -0.1) is 0 Å². The number of nitrogens with zero attached hydrogens (tertiary/aromatic N) is 1. The van der Waals surface area contributed by atoms with Crippen molar-refractivity contribution < 1.29 is 4.48 Å². The number of fused-ring (bicyclic) bond motifs is 2. The highest BCUT2D eigenvalue weighted by Gasteiger charge is 2.27. The van der Waals surface area contributed by atoms with Crippen molar-refractivity contribution >= 4 is 10.8 Å². The van der Waals surface area contributed by atoms with Crippen molar-refractivity contribution in [3.05, 3.63) is 47.0 Å². The largest absolute Gasteiger partial charge is 0.321 e. The van der Waals surface area contributed by atoms with Crippen LogP contribution in [0.1, 0.15) is 16.7 Å². The van der Waals surface area contributed by atoms with E-state index in [9.17, 15) is 0 Å². The highest BCUT2D eigenvalue weighted by atomic mass is 15.3. The van der Waals surface area contributed by atoms with Crippen LogP contribution in [-0.2, 0) is 13.1 Å². The van der Waals surface area contributed by atoms with Gasteiger partial charge in [0.05, 0.1) is 14.1 Å². The van der Waals surface area contributed by atoms with Crippen LogP contribution in [-0.4, -0.2) is 18.6 Å². The first-order valence-electron chi connectivity index (χ1n) is 5.88. The molecule has 0 aliphatic carbocycles. The van der Waals surface area contributed by atoms with Crippen LogP contribution < -0.4 is 0 Å². The minimum absolute atomic E-state index is 1.09. The Hall–Kier alpha value is -1.34. The molecule has 2 aromatic rings. The molecule has 0 atom stereocenters. The Morgan fingerprint density at radius 2 is 1.50 bits per heavy atom. The first kappa shape index (κ1) is 9.86. The lowest BCUT2D eigenvalue weighted by molar-refractivity contribution is -0.910. The lowest BCUT2D eigenvalue weighted by Crippen LogP contribution is -2.32. The summed E-state index contributed by atoms with van der Waals surface area (Å²) in [4.78, 5) is 0. The van der Waals surface area contributed by atoms with Crippen LogP contribution in [0.3, 0.4) is 0 Å². The maximum atomic E-state index is 2.38. The van der Waals surface area contributed by atoms with Gasteiger partial charge >= 0.3 is 0 Å². The zero-order chi connectivity index (χ0) is 11.3. The lowest BCUT2D eigenvalue weighted by atomic mass is 10.0. The van der Waals surface area contributed by atoms with Crippen molar-refractivity contribution in [3.63, 3.8) is 0 Å². The van der Waals surface area contributed by atoms with Gasteiger partial charge in [0.15, 0.2) is 0 Å². The molecule has 0 bridgehead atoms. The second-order valence-corrected chi connectivity index (χ2v) is 5.72. The van der Waals surface area contributed by atoms with Gasteiger partial charge in [-0.05, 0) is 29.8 Å². The van der Waals surface area contributed by atoms with Gasteiger partial charge in [0.1, 0.15) is 13.1 Å². The van der Waals surface area contributed by atoms with Crippen LogP contribution in [0.2, 0.25) is 0 Å². The highest BCUT2D eigenvalue weighted by Crippen LogP contribution is 2.30. The first-order valence-corrected chi connectivity index (χ1v) is 5.88. The van der Waals surface area contributed by atoms with Crippen molar-refractivity contribution in [3.8, 4) is 0 Å². The van der Waals surface area contributed by atoms with Gasteiger partial charge in [-0.1, -0.05) is 23.8 Å². The summed E-state index contributed by atoms with van der Waals surface area (Å²) < 4.78 is 1.09. The zero-order valence-corrected chi connectivity index (χ0v) is 10.2. The summed E-state index contributed by atoms with van der Waals surface area (Å²) >= 11 is 0. The normalized spacial score (nSPS) is 17.7. The van der Waals surface area contributed by atoms with Gasteiger partial charge in [0.25, 0.3) is 0 Å². The summed E-state index contributed by atoms with van der Waals surface area (Å²) in [5, 5.41) is 2.77. The van der Waals surface area contributed by atoms with E-state index in [0.29, 0.717) is 0 Å². The standard InChI is InChI=1S/C15H18N/c1-11-4-5-12-7-14-9-16(2,3)10-15(14)8-13(12)6-11/h4-8H,9-10H2,1-3H3/q+1. The van der Waals surface area contributed by atoms with Crippen LogP contribution in [0.25, 0.3) is 10.8 Å². The summed E-state index contributed by atoms with van der Waals surface area (Å²) in [5.74, 6) is 0. The van der Waals surface area contributed by atoms with Gasteiger partial charge < -0.3 is 4.48 Å². The second kappa shape index (κ2) is 3.08. The average Bonchev–Trinajstić information content (AvgIpc) is 2.47. The predicted molar refractivity (Wildman–Crippen MR) is 68.2 cm³/mol. The monoisotopic (exact) mass is 212 g/mol. The number of benzene rings is 2. The molecule has 0 radical (unpaired) electrons. The molecule has 0 aromatic heterocycles. The Bertz CT molecular complexity index is 567. The van der Waals surface area contributed by atoms with Crippen molar-refractivity contribution in [2.45, 2.75) is 20.0 Å². The van der Waals surface area contributed by atoms with E-state index in [1.165, 1.54) is 40.6 Å². The average molecular weight is 212 g/mol. The van der Waals surface area contributed by atoms with E-state index in [1.807, 2.05) is 0 Å². The van der Waals surface area contributed by atoms with Crippen molar-refractivity contribution in [2.75, 3.05) is 14.1 Å². The fourth-order valence-corrected chi connectivity index (χ4v) is 2.78. The first-order chi connectivity index (χ1) is 7.53. The number of aryl methyl sites for hydroxylation is 1. The SMILES string of the molecule is Cc1ccc2cc3c(cc2c1)C[N+](C)(C)C3. The van der Waals surface area contributed by atoms with E-state index in [4.69, 9.17) is 0 Å². The molecule has 3 rings (SSSR count). The maximum Gasteiger partial charge on any atom is 0.105 e. The third-order valence-electron chi connectivity index (χ3n) is 3.51. The molecule has 1 aliphatic rings. The van der Waals surface area contributed by atoms with Crippen LogP contribution >= 0.6 is 0 Å². The molecule has 0 fully saturated rings. The zero-order valence-electron chi connectivity index (χ0n) is 10.2. The van der Waals surface area contributed by atoms with Crippen LogP contribution in [0.5, 0.6) is 0 Å². The minimum atomic E-state index is 1.09. The highest BCUT2D eigenvalue weighted by molar-refractivity contribution is 5.84. The van der Waals surface area contributed by atoms with E-state index in [2.05, 4.69) is 51.4 Å². The Morgan fingerprint density at radius 3 is 2.19 bits per heavy atom. The molecule has 1 aliphatic heterocycles. The lowest BCUT2D eigenvalue weighted by Gasteiger charge is -2.22. The molecular weight excluding hydrogens is 194 g/mol. The van der Waals surface area contributed by atoms with E-state index in [-0.39, 0.29) is 0 Å². The van der Waals surface area contributed by atoms with Crippen LogP contribution in [0, 0.1) is 6.92 Å². The minimum Gasteiger partial charge on any atom is -0.321 e. The van der Waals surface area contributed by atoms with E-state index in [0.717, 1.165) is 4.48 Å². The summed E-state index contributed by atoms with van der Waals surface area (Å²) in [6.45, 7) is 4.49. The van der Waals surface area contributed by atoms with E-state index >= 15 is 0 Å². The molecule has 82 valence electrons. The summed E-state index contributed by atoms with van der Waals surface area (Å²) in [7, 11) is 4.60. The quantitative estimate of drug-likeness (QED) is 0.588. The second-order valence-electron chi connectivity index (χ2n) is 5.72. The Kier molecular flexibility index (Phi) is 1.90. The van der Waals surface area contributed by atoms with Gasteiger partial charge in [0, 0.05) is 11.1 Å². The molecule has 1 heteroatoms. The van der Waals surface area contributed by atoms with E-state index < -0.39 is 0 Å². The van der Waals surface area contributed by atoms with Crippen LogP contribution in [0.4, 0.5) is 0 Å². The smallest absolute Gasteiger partial charge is 0.105 e. The number of quaternary nitrogens is 1. The topological polar surface area (TPSA) is 0 Å². The number of rotatable bonds is 0. The van der Waals surface area contributed by atoms with E-state index in [1.54, 1.807) is 0 Å². The molecule has 2 aromatic carbocycles. The van der Waals surface area contributed by atoms with Gasteiger partial charge in [-0.3, -0.25) is 0 Å². The van der Waals surface area contributed by atoms with Crippen molar-refractivity contribution in [1.82, 2.24) is 0 Å². The summed E-state index contributed by atoms with van der Waals surface area (Å²) in [6.07, 6.45) is 0.